The highest BCUT2D eigenvalue weighted by Crippen LogP contribution is 2.58. The predicted molar refractivity (Wildman–Crippen MR) is 330 cm³/mol. The Morgan fingerprint density at radius 2 is 0.795 bits per heavy atom. The van der Waals surface area contributed by atoms with E-state index in [0.717, 1.165) is 136 Å². The number of ketones is 1. The zero-order chi connectivity index (χ0) is 62.6. The van der Waals surface area contributed by atoms with E-state index in [1.165, 1.54) is 0 Å². The van der Waals surface area contributed by atoms with E-state index >= 15 is 0 Å². The first-order chi connectivity index (χ1) is 39.7. The van der Waals surface area contributed by atoms with Crippen molar-refractivity contribution in [2.75, 3.05) is 144 Å². The van der Waals surface area contributed by atoms with Gasteiger partial charge in [-0.15, -0.1) is 0 Å². The largest absolute Gasteiger partial charge is 0.481 e. The summed E-state index contributed by atoms with van der Waals surface area (Å²) in [5.74, 6) is -1.40. The minimum Gasteiger partial charge on any atom is -0.481 e. The van der Waals surface area contributed by atoms with Crippen LogP contribution in [0.2, 0.25) is 0 Å². The Hall–Kier alpha value is -1.52. The zero-order valence-electron chi connectivity index (χ0n) is 53.3. The summed E-state index contributed by atoms with van der Waals surface area (Å²) in [4.78, 5) is 44.1. The van der Waals surface area contributed by atoms with Crippen molar-refractivity contribution in [3.8, 4) is 0 Å². The molecule has 4 fully saturated rings. The van der Waals surface area contributed by atoms with Gasteiger partial charge < -0.3 is 37.8 Å². The number of Topliss-reactive ketones (excluding diaryl/α,β-unsaturated/α-hetero) is 1. The van der Waals surface area contributed by atoms with Crippen molar-refractivity contribution in [1.29, 1.82) is 0 Å². The topological polar surface area (TPSA) is 267 Å². The fourth-order valence-corrected chi connectivity index (χ4v) is 19.5. The molecule has 0 saturated carbocycles. The van der Waals surface area contributed by atoms with Crippen LogP contribution in [-0.2, 0) is 65.0 Å². The van der Waals surface area contributed by atoms with E-state index in [4.69, 9.17) is 37.8 Å². The van der Waals surface area contributed by atoms with Gasteiger partial charge in [0.05, 0.1) is 52.5 Å². The Kier molecular flexibility index (Phi) is 47.5. The van der Waals surface area contributed by atoms with E-state index in [2.05, 4.69) is 53.6 Å². The molecule has 28 heteroatoms. The highest BCUT2D eigenvalue weighted by Gasteiger charge is 2.43. The Labute approximate surface area is 501 Å². The molecule has 0 aromatic heterocycles. The molecule has 0 aromatic carbocycles. The maximum atomic E-state index is 13.3. The number of carboxylic acid groups (broad SMARTS) is 1. The summed E-state index contributed by atoms with van der Waals surface area (Å²) in [5, 5.41) is 20.6. The summed E-state index contributed by atoms with van der Waals surface area (Å²) in [6.07, 6.45) is 14.0. The fourth-order valence-electron chi connectivity index (χ4n) is 9.22. The smallest absolute Gasteiger partial charge is 0.346 e. The molecule has 4 heterocycles. The lowest BCUT2D eigenvalue weighted by molar-refractivity contribution is -0.144. The molecule has 4 unspecified atom stereocenters. The Morgan fingerprint density at radius 3 is 1.11 bits per heavy atom. The van der Waals surface area contributed by atoms with Crippen molar-refractivity contribution >= 4 is 54.4 Å². The number of rotatable bonds is 35. The number of carbonyl (C=O) groups is 4. The van der Waals surface area contributed by atoms with Gasteiger partial charge in [0.25, 0.3) is 0 Å². The minimum atomic E-state index is -3.02. The summed E-state index contributed by atoms with van der Waals surface area (Å²) < 4.78 is 97.0. The van der Waals surface area contributed by atoms with Crippen molar-refractivity contribution in [1.82, 2.24) is 37.8 Å². The van der Waals surface area contributed by atoms with Crippen molar-refractivity contribution in [3.63, 3.8) is 0 Å². The van der Waals surface area contributed by atoms with E-state index in [1.54, 1.807) is 16.3 Å². The maximum Gasteiger partial charge on any atom is 0.346 e. The molecule has 4 aliphatic rings. The van der Waals surface area contributed by atoms with E-state index in [1.807, 2.05) is 44.1 Å². The van der Waals surface area contributed by atoms with Gasteiger partial charge in [-0.1, -0.05) is 68.7 Å². The third kappa shape index (κ3) is 31.5. The van der Waals surface area contributed by atoms with Gasteiger partial charge in [-0.25, -0.2) is 37.8 Å². The number of nitrogens with zero attached hydrogens (tertiary/aromatic N) is 7. The first-order valence-corrected chi connectivity index (χ1v) is 37.6. The number of hydrogen-bond acceptors (Lipinski definition) is 15. The van der Waals surface area contributed by atoms with E-state index in [-0.39, 0.29) is 43.5 Å². The van der Waals surface area contributed by atoms with Crippen LogP contribution in [0.15, 0.2) is 0 Å². The van der Waals surface area contributed by atoms with Crippen molar-refractivity contribution in [2.24, 2.45) is 0 Å². The molecule has 0 bridgehead atoms. The average molecular weight is 1270 g/mol. The lowest BCUT2D eigenvalue weighted by Gasteiger charge is -2.41. The second-order valence-corrected chi connectivity index (χ2v) is 29.7. The number of carbonyl (C=O) groups excluding carboxylic acids is 3. The van der Waals surface area contributed by atoms with E-state index in [0.29, 0.717) is 91.9 Å². The van der Waals surface area contributed by atoms with Crippen molar-refractivity contribution in [3.05, 3.63) is 0 Å². The molecule has 4 saturated heterocycles. The molecule has 0 aromatic rings. The summed E-state index contributed by atoms with van der Waals surface area (Å²) in [6.45, 7) is 34.8. The number of esters is 2. The highest BCUT2D eigenvalue weighted by molar-refractivity contribution is 7.55. The first-order valence-electron chi connectivity index (χ1n) is 31.4. The van der Waals surface area contributed by atoms with Gasteiger partial charge in [-0.3, -0.25) is 37.4 Å². The van der Waals surface area contributed by atoms with Crippen LogP contribution in [0.1, 0.15) is 192 Å². The molecule has 4 rings (SSSR count). The summed E-state index contributed by atoms with van der Waals surface area (Å²) in [7, 11) is -11.7. The summed E-state index contributed by atoms with van der Waals surface area (Å²) in [6, 6.07) is 0. The number of aliphatic hydroxyl groups excluding tert-OH is 1. The van der Waals surface area contributed by atoms with Gasteiger partial charge in [-0.2, -0.15) is 0 Å². The quantitative estimate of drug-likeness (QED) is 0.0393. The predicted octanol–water partition coefficient (Wildman–Crippen LogP) is 11.2. The summed E-state index contributed by atoms with van der Waals surface area (Å²) >= 11 is 0. The number of carboxylic acids is 1. The van der Waals surface area contributed by atoms with Crippen LogP contribution in [0.4, 0.5) is 0 Å². The van der Waals surface area contributed by atoms with Crippen LogP contribution in [-0.4, -0.2) is 211 Å². The Morgan fingerprint density at radius 1 is 0.458 bits per heavy atom. The third-order valence-corrected chi connectivity index (χ3v) is 23.6. The first kappa shape index (κ1) is 81.5. The zero-order valence-corrected chi connectivity index (χ0v) is 56.9. The molecule has 24 nitrogen and oxygen atoms in total. The molecule has 4 aliphatic heterocycles. The minimum absolute atomic E-state index is 0.000556. The number of unbranched alkanes of at least 4 members (excludes halogenated alkanes) is 1. The van der Waals surface area contributed by atoms with E-state index in [9.17, 15) is 37.4 Å². The third-order valence-electron chi connectivity index (χ3n) is 13.1. The van der Waals surface area contributed by atoms with E-state index < -0.39 is 43.3 Å². The van der Waals surface area contributed by atoms with Crippen LogP contribution in [0, 0.1) is 0 Å². The molecule has 492 valence electrons. The monoisotopic (exact) mass is 1270 g/mol. The molecular weight excluding hydrogens is 1150 g/mol. The maximum absolute atomic E-state index is 13.3. The van der Waals surface area contributed by atoms with Crippen LogP contribution in [0.3, 0.4) is 0 Å². The number of aliphatic carboxylic acids is 1. The van der Waals surface area contributed by atoms with Gasteiger partial charge in [0.2, 0.25) is 0 Å². The lowest BCUT2D eigenvalue weighted by Crippen LogP contribution is -2.39. The average Bonchev–Trinajstić information content (AvgIpc) is 3.66. The van der Waals surface area contributed by atoms with Crippen LogP contribution >= 0.6 is 30.7 Å². The van der Waals surface area contributed by atoms with Gasteiger partial charge in [0.15, 0.2) is 5.78 Å². The molecule has 4 atom stereocenters. The molecule has 3 N–H and O–H groups in total. The molecule has 0 spiro atoms. The highest BCUT2D eigenvalue weighted by atomic mass is 31.2. The molecule has 0 radical (unpaired) electrons. The normalized spacial score (nSPS) is 23.2. The van der Waals surface area contributed by atoms with Crippen molar-refractivity contribution < 1.29 is 75.2 Å². The molecule has 0 amide bonds. The number of hydrogen-bond donors (Lipinski definition) is 3. The standard InChI is InChI=1S/C14H29N2O4P.C13H27N2O4P.C12H25N2O4P.C9H21N2O2P.C7H14O2/c1-4-9-15(10-5-2)21(18)16(11-7-13-20-21)12-8-14(17)19-6-3;1-3-7-14(8-4-2)20(18)15(9-5-11-19-20)10-6-13(17)12-16;1-3-7-13(8-4-2)19(17)14(9-5-11-18-19)10-6-12(15)16;1-3-7-11(8-4-2)14(12)10-6-5-9-13-14;1-3-5-6-7(8)9-4-2/h4-13H2,1-3H3;16H,3-12H2,1-2H3;3-11H2,1-2H3,(H,15,16);3-9H2,1-2H3,(H,10,12);3-6H2,1-2H3. The Bertz CT molecular complexity index is 1900. The molecule has 83 heavy (non-hydrogen) atoms. The van der Waals surface area contributed by atoms with Crippen LogP contribution in [0.25, 0.3) is 0 Å². The Balaban J connectivity index is 0.00000104. The SMILES string of the molecule is CCCCC(=O)OCC.CCCN(CCC)P1(=O)NCCCO1.CCCN(CCC)P1(=O)OCCCN1CCC(=O)CO.CCCN(CCC)P1(=O)OCCCN1CCC(=O)O.CCCN(CCC)P1(=O)OCCCN1CCC(=O)OCC. The fraction of sp³-hybridized carbons (Fsp3) is 0.927. The van der Waals surface area contributed by atoms with Gasteiger partial charge in [0, 0.05) is 111 Å². The number of aliphatic hydroxyl groups is 1. The van der Waals surface area contributed by atoms with Crippen LogP contribution in [0.5, 0.6) is 0 Å². The lowest BCUT2D eigenvalue weighted by atomic mass is 10.3. The summed E-state index contributed by atoms with van der Waals surface area (Å²) in [5.41, 5.74) is 0. The van der Waals surface area contributed by atoms with Crippen LogP contribution < -0.4 is 5.09 Å². The van der Waals surface area contributed by atoms with Gasteiger partial charge in [-0.05, 0) is 97.3 Å². The van der Waals surface area contributed by atoms with Gasteiger partial charge >= 0.3 is 48.6 Å². The second-order valence-electron chi connectivity index (χ2n) is 20.4. The molecular formula is C55H116N8O16P4. The molecule has 0 aliphatic carbocycles. The number of ether oxygens (including phenoxy) is 2. The second kappa shape index (κ2) is 48.4. The van der Waals surface area contributed by atoms with Gasteiger partial charge in [0.1, 0.15) is 6.61 Å². The van der Waals surface area contributed by atoms with Crippen molar-refractivity contribution in [2.45, 2.75) is 192 Å². The number of nitrogens with one attached hydrogen (secondary N) is 1.